The average molecular weight is 394 g/mol. The van der Waals surface area contributed by atoms with E-state index in [9.17, 15) is 18.0 Å². The van der Waals surface area contributed by atoms with Crippen LogP contribution in [0.1, 0.15) is 28.0 Å². The van der Waals surface area contributed by atoms with Gasteiger partial charge in [0.25, 0.3) is 0 Å². The number of benzene rings is 1. The third-order valence-corrected chi connectivity index (χ3v) is 6.50. The lowest BCUT2D eigenvalue weighted by atomic mass is 10.0. The number of halogens is 3. The molecular weight excluding hydrogens is 373 g/mol. The number of carbonyl (C=O) groups is 1. The lowest BCUT2D eigenvalue weighted by molar-refractivity contribution is -0.139. The predicted octanol–water partition coefficient (Wildman–Crippen LogP) is 3.97. The fraction of sp³-hybridized carbons (Fsp3) is 0.450. The Kier molecular flexibility index (Phi) is 4.99. The Morgan fingerprint density at radius 2 is 1.89 bits per heavy atom. The number of hydrogen-bond acceptors (Lipinski definition) is 3. The second kappa shape index (κ2) is 7.28. The lowest BCUT2D eigenvalue weighted by Gasteiger charge is -2.46. The molecule has 3 nitrogen and oxygen atoms in total. The summed E-state index contributed by atoms with van der Waals surface area (Å²) in [7, 11) is 0. The van der Waals surface area contributed by atoms with E-state index in [0.717, 1.165) is 50.3 Å². The van der Waals surface area contributed by atoms with Crippen LogP contribution in [0.3, 0.4) is 0 Å². The Balaban J connectivity index is 1.23. The van der Waals surface area contributed by atoms with Gasteiger partial charge in [-0.15, -0.1) is 11.3 Å². The molecule has 0 unspecified atom stereocenters. The number of amides is 1. The van der Waals surface area contributed by atoms with Crippen molar-refractivity contribution in [3.05, 3.63) is 57.3 Å². The molecule has 2 aliphatic heterocycles. The highest BCUT2D eigenvalue weighted by Gasteiger charge is 2.36. The summed E-state index contributed by atoms with van der Waals surface area (Å²) >= 11 is 1.82. The summed E-state index contributed by atoms with van der Waals surface area (Å²) in [5.74, 6) is 0.0828. The molecule has 7 heteroatoms. The van der Waals surface area contributed by atoms with Gasteiger partial charge in [-0.1, -0.05) is 12.1 Å². The van der Waals surface area contributed by atoms with Crippen molar-refractivity contribution in [1.82, 2.24) is 9.80 Å². The van der Waals surface area contributed by atoms with Crippen LogP contribution in [0.2, 0.25) is 0 Å². The van der Waals surface area contributed by atoms with Crippen molar-refractivity contribution in [2.24, 2.45) is 0 Å². The molecule has 144 valence electrons. The molecule has 0 saturated carbocycles. The van der Waals surface area contributed by atoms with Gasteiger partial charge in [0.1, 0.15) is 0 Å². The topological polar surface area (TPSA) is 23.6 Å². The van der Waals surface area contributed by atoms with E-state index in [4.69, 9.17) is 0 Å². The van der Waals surface area contributed by atoms with Crippen LogP contribution in [-0.2, 0) is 30.4 Å². The Morgan fingerprint density at radius 1 is 1.15 bits per heavy atom. The molecule has 0 radical (unpaired) electrons. The second-order valence-corrected chi connectivity index (χ2v) is 8.24. The number of hydrogen-bond donors (Lipinski definition) is 0. The Bertz CT molecular complexity index is 809. The van der Waals surface area contributed by atoms with Crippen molar-refractivity contribution in [3.8, 4) is 0 Å². The summed E-state index contributed by atoms with van der Waals surface area (Å²) < 4.78 is 37.7. The van der Waals surface area contributed by atoms with Gasteiger partial charge in [-0.2, -0.15) is 13.2 Å². The molecule has 1 fully saturated rings. The van der Waals surface area contributed by atoms with Crippen molar-refractivity contribution >= 4 is 17.2 Å². The van der Waals surface area contributed by atoms with Crippen molar-refractivity contribution < 1.29 is 18.0 Å². The minimum Gasteiger partial charge on any atom is -0.339 e. The maximum absolute atomic E-state index is 12.6. The molecule has 1 aromatic heterocycles. The molecule has 0 spiro atoms. The number of alkyl halides is 3. The summed E-state index contributed by atoms with van der Waals surface area (Å²) in [6.45, 7) is 3.53. The van der Waals surface area contributed by atoms with Gasteiger partial charge in [-0.05, 0) is 47.5 Å². The Morgan fingerprint density at radius 3 is 2.59 bits per heavy atom. The standard InChI is InChI=1S/C20H21F3N2OS/c21-20(22,23)16-4-1-14(2-5-16)3-6-19(26)25-12-17(13-25)24-9-7-18-15(11-24)8-10-27-18/h1-2,4-5,8,10,17H,3,6-7,9,11-13H2. The van der Waals surface area contributed by atoms with Crippen LogP contribution in [0.25, 0.3) is 0 Å². The van der Waals surface area contributed by atoms with Crippen molar-refractivity contribution in [3.63, 3.8) is 0 Å². The normalized spacial score (nSPS) is 18.3. The fourth-order valence-electron chi connectivity index (χ4n) is 3.74. The molecule has 0 bridgehead atoms. The third kappa shape index (κ3) is 4.04. The van der Waals surface area contributed by atoms with Crippen LogP contribution >= 0.6 is 11.3 Å². The van der Waals surface area contributed by atoms with Crippen LogP contribution in [0.15, 0.2) is 35.7 Å². The number of aryl methyl sites for hydroxylation is 1. The highest BCUT2D eigenvalue weighted by atomic mass is 32.1. The molecule has 0 N–H and O–H groups in total. The first-order chi connectivity index (χ1) is 12.9. The predicted molar refractivity (Wildman–Crippen MR) is 98.6 cm³/mol. The molecule has 3 heterocycles. The second-order valence-electron chi connectivity index (χ2n) is 7.24. The van der Waals surface area contributed by atoms with E-state index in [1.807, 2.05) is 16.2 Å². The largest absolute Gasteiger partial charge is 0.416 e. The number of nitrogens with zero attached hydrogens (tertiary/aromatic N) is 2. The Labute approximate surface area is 160 Å². The molecule has 1 aromatic carbocycles. The van der Waals surface area contributed by atoms with Crippen LogP contribution in [0.4, 0.5) is 13.2 Å². The van der Waals surface area contributed by atoms with Gasteiger partial charge in [0, 0.05) is 43.5 Å². The maximum Gasteiger partial charge on any atom is 0.416 e. The van der Waals surface area contributed by atoms with Gasteiger partial charge < -0.3 is 4.90 Å². The summed E-state index contributed by atoms with van der Waals surface area (Å²) in [6.07, 6.45) is -2.42. The highest BCUT2D eigenvalue weighted by molar-refractivity contribution is 7.10. The summed E-state index contributed by atoms with van der Waals surface area (Å²) in [6, 6.07) is 7.69. The Hall–Kier alpha value is -1.86. The van der Waals surface area contributed by atoms with Crippen LogP contribution < -0.4 is 0 Å². The smallest absolute Gasteiger partial charge is 0.339 e. The van der Waals surface area contributed by atoms with Crippen molar-refractivity contribution in [2.75, 3.05) is 19.6 Å². The summed E-state index contributed by atoms with van der Waals surface area (Å²) in [5.41, 5.74) is 1.52. The van der Waals surface area contributed by atoms with E-state index in [0.29, 0.717) is 18.9 Å². The first-order valence-corrected chi connectivity index (χ1v) is 10.0. The van der Waals surface area contributed by atoms with Crippen LogP contribution in [0.5, 0.6) is 0 Å². The van der Waals surface area contributed by atoms with E-state index < -0.39 is 11.7 Å². The molecule has 0 aliphatic carbocycles. The van der Waals surface area contributed by atoms with E-state index in [-0.39, 0.29) is 5.91 Å². The van der Waals surface area contributed by atoms with Gasteiger partial charge in [-0.25, -0.2) is 0 Å². The van der Waals surface area contributed by atoms with Crippen LogP contribution in [-0.4, -0.2) is 41.4 Å². The summed E-state index contributed by atoms with van der Waals surface area (Å²) in [4.78, 5) is 18.1. The number of likely N-dealkylation sites (tertiary alicyclic amines) is 1. The van der Waals surface area contributed by atoms with Gasteiger partial charge in [-0.3, -0.25) is 9.69 Å². The van der Waals surface area contributed by atoms with Gasteiger partial charge in [0.05, 0.1) is 5.56 Å². The fourth-order valence-corrected chi connectivity index (χ4v) is 4.63. The zero-order chi connectivity index (χ0) is 19.0. The summed E-state index contributed by atoms with van der Waals surface area (Å²) in [5, 5.41) is 2.14. The minimum atomic E-state index is -4.32. The molecule has 2 aromatic rings. The monoisotopic (exact) mass is 394 g/mol. The van der Waals surface area contributed by atoms with Crippen molar-refractivity contribution in [1.29, 1.82) is 0 Å². The maximum atomic E-state index is 12.6. The van der Waals surface area contributed by atoms with Gasteiger partial charge in [0.15, 0.2) is 0 Å². The molecule has 1 saturated heterocycles. The first-order valence-electron chi connectivity index (χ1n) is 9.13. The number of thiophene rings is 1. The molecule has 1 amide bonds. The molecule has 27 heavy (non-hydrogen) atoms. The lowest BCUT2D eigenvalue weighted by Crippen LogP contribution is -2.61. The molecule has 0 atom stereocenters. The number of rotatable bonds is 4. The number of fused-ring (bicyclic) bond motifs is 1. The third-order valence-electron chi connectivity index (χ3n) is 5.48. The van der Waals surface area contributed by atoms with E-state index >= 15 is 0 Å². The van der Waals surface area contributed by atoms with E-state index in [1.54, 1.807) is 0 Å². The van der Waals surface area contributed by atoms with E-state index in [2.05, 4.69) is 16.3 Å². The molecular formula is C20H21F3N2OS. The zero-order valence-corrected chi connectivity index (χ0v) is 15.7. The molecule has 4 rings (SSSR count). The van der Waals surface area contributed by atoms with Gasteiger partial charge in [0.2, 0.25) is 5.91 Å². The first kappa shape index (κ1) is 18.5. The quantitative estimate of drug-likeness (QED) is 0.784. The van der Waals surface area contributed by atoms with E-state index in [1.165, 1.54) is 22.6 Å². The number of carbonyl (C=O) groups excluding carboxylic acids is 1. The van der Waals surface area contributed by atoms with Crippen molar-refractivity contribution in [2.45, 2.75) is 38.0 Å². The SMILES string of the molecule is O=C(CCc1ccc(C(F)(F)F)cc1)N1CC(N2CCc3sccc3C2)C1. The minimum absolute atomic E-state index is 0.0828. The van der Waals surface area contributed by atoms with Crippen LogP contribution in [0, 0.1) is 0 Å². The zero-order valence-electron chi connectivity index (χ0n) is 14.8. The molecule has 2 aliphatic rings. The highest BCUT2D eigenvalue weighted by Crippen LogP contribution is 2.30. The van der Waals surface area contributed by atoms with Gasteiger partial charge >= 0.3 is 6.18 Å². The average Bonchev–Trinajstić information content (AvgIpc) is 3.06.